The number of amides is 1. The van der Waals surface area contributed by atoms with Gasteiger partial charge in [-0.1, -0.05) is 0 Å². The molecule has 0 aliphatic heterocycles. The van der Waals surface area contributed by atoms with Crippen LogP contribution in [0.25, 0.3) is 11.3 Å². The topological polar surface area (TPSA) is 88.5 Å². The molecule has 1 fully saturated rings. The molecule has 0 saturated heterocycles. The summed E-state index contributed by atoms with van der Waals surface area (Å²) in [4.78, 5) is 27.8. The highest BCUT2D eigenvalue weighted by molar-refractivity contribution is 7.16. The summed E-state index contributed by atoms with van der Waals surface area (Å²) in [5.41, 5.74) is 1.71. The summed E-state index contributed by atoms with van der Waals surface area (Å²) in [5.74, 6) is -0.331. The third-order valence-electron chi connectivity index (χ3n) is 3.46. The van der Waals surface area contributed by atoms with E-state index in [2.05, 4.69) is 10.3 Å². The number of nitrogens with zero attached hydrogens (tertiary/aromatic N) is 1. The predicted molar refractivity (Wildman–Crippen MR) is 86.8 cm³/mol. The molecule has 3 rings (SSSR count). The fraction of sp³-hybridized carbons (Fsp3) is 0.312. The van der Waals surface area contributed by atoms with E-state index in [1.807, 2.05) is 19.1 Å². The van der Waals surface area contributed by atoms with Crippen molar-refractivity contribution in [3.05, 3.63) is 29.1 Å². The van der Waals surface area contributed by atoms with Gasteiger partial charge in [0, 0.05) is 16.4 Å². The van der Waals surface area contributed by atoms with E-state index in [1.54, 1.807) is 12.1 Å². The number of ether oxygens (including phenoxy) is 1. The number of benzene rings is 1. The van der Waals surface area contributed by atoms with Gasteiger partial charge in [0.2, 0.25) is 5.91 Å². The van der Waals surface area contributed by atoms with Crippen LogP contribution in [0.4, 0.5) is 5.13 Å². The van der Waals surface area contributed by atoms with Crippen LogP contribution in [-0.2, 0) is 9.59 Å². The predicted octanol–water partition coefficient (Wildman–Crippen LogP) is 2.93. The van der Waals surface area contributed by atoms with Gasteiger partial charge in [0.05, 0.1) is 5.69 Å². The van der Waals surface area contributed by atoms with Crippen molar-refractivity contribution in [1.29, 1.82) is 0 Å². The number of aryl methyl sites for hydroxylation is 1. The Kier molecular flexibility index (Phi) is 4.29. The summed E-state index contributed by atoms with van der Waals surface area (Å²) in [6.45, 7) is 1.58. The summed E-state index contributed by atoms with van der Waals surface area (Å²) >= 11 is 1.45. The number of thiazole rings is 1. The van der Waals surface area contributed by atoms with Crippen molar-refractivity contribution < 1.29 is 19.4 Å². The van der Waals surface area contributed by atoms with Gasteiger partial charge in [-0.2, -0.15) is 0 Å². The van der Waals surface area contributed by atoms with E-state index in [-0.39, 0.29) is 18.4 Å². The maximum absolute atomic E-state index is 11.8. The summed E-state index contributed by atoms with van der Waals surface area (Å²) in [6.07, 6.45) is 1.92. The largest absolute Gasteiger partial charge is 0.482 e. The highest BCUT2D eigenvalue weighted by Crippen LogP contribution is 2.34. The van der Waals surface area contributed by atoms with Gasteiger partial charge in [-0.05, 0) is 44.0 Å². The molecule has 1 aliphatic carbocycles. The molecule has 1 amide bonds. The van der Waals surface area contributed by atoms with Crippen molar-refractivity contribution in [2.75, 3.05) is 11.9 Å². The molecule has 1 aromatic carbocycles. The van der Waals surface area contributed by atoms with Crippen LogP contribution in [0, 0.1) is 12.8 Å². The average molecular weight is 332 g/mol. The van der Waals surface area contributed by atoms with E-state index in [0.717, 1.165) is 29.0 Å². The van der Waals surface area contributed by atoms with Crippen LogP contribution in [0.1, 0.15) is 17.7 Å². The third kappa shape index (κ3) is 3.87. The molecular weight excluding hydrogens is 316 g/mol. The summed E-state index contributed by atoms with van der Waals surface area (Å²) in [5, 5.41) is 12.1. The molecule has 120 valence electrons. The molecule has 1 aromatic heterocycles. The number of aromatic nitrogens is 1. The van der Waals surface area contributed by atoms with E-state index in [1.165, 1.54) is 11.3 Å². The molecule has 0 radical (unpaired) electrons. The van der Waals surface area contributed by atoms with Gasteiger partial charge in [0.1, 0.15) is 5.75 Å². The number of hydrogen-bond acceptors (Lipinski definition) is 5. The SMILES string of the molecule is Cc1sc(NC(=O)C2CC2)nc1-c1ccc(OCC(=O)O)cc1. The second-order valence-electron chi connectivity index (χ2n) is 5.39. The van der Waals surface area contributed by atoms with Gasteiger partial charge < -0.3 is 15.2 Å². The lowest BCUT2D eigenvalue weighted by Crippen LogP contribution is -2.12. The number of nitrogens with one attached hydrogen (secondary N) is 1. The summed E-state index contributed by atoms with van der Waals surface area (Å²) < 4.78 is 5.11. The van der Waals surface area contributed by atoms with Crippen LogP contribution >= 0.6 is 11.3 Å². The van der Waals surface area contributed by atoms with Gasteiger partial charge in [-0.3, -0.25) is 4.79 Å². The molecule has 6 nitrogen and oxygen atoms in total. The monoisotopic (exact) mass is 332 g/mol. The van der Waals surface area contributed by atoms with Crippen molar-refractivity contribution in [2.24, 2.45) is 5.92 Å². The van der Waals surface area contributed by atoms with Gasteiger partial charge in [0.15, 0.2) is 11.7 Å². The molecule has 0 spiro atoms. The average Bonchev–Trinajstić information content (AvgIpc) is 3.30. The lowest BCUT2D eigenvalue weighted by molar-refractivity contribution is -0.139. The first kappa shape index (κ1) is 15.5. The second-order valence-corrected chi connectivity index (χ2v) is 6.60. The molecule has 23 heavy (non-hydrogen) atoms. The van der Waals surface area contributed by atoms with E-state index >= 15 is 0 Å². The molecule has 1 saturated carbocycles. The summed E-state index contributed by atoms with van der Waals surface area (Å²) in [7, 11) is 0. The first-order chi connectivity index (χ1) is 11.0. The minimum atomic E-state index is -1.01. The Morgan fingerprint density at radius 1 is 1.35 bits per heavy atom. The van der Waals surface area contributed by atoms with E-state index in [0.29, 0.717) is 10.9 Å². The Labute approximate surface area is 137 Å². The number of hydrogen-bond donors (Lipinski definition) is 2. The molecule has 7 heteroatoms. The fourth-order valence-electron chi connectivity index (χ4n) is 2.12. The van der Waals surface area contributed by atoms with Gasteiger partial charge in [-0.25, -0.2) is 9.78 Å². The summed E-state index contributed by atoms with van der Waals surface area (Å²) in [6, 6.07) is 7.07. The zero-order chi connectivity index (χ0) is 16.4. The maximum Gasteiger partial charge on any atom is 0.341 e. The first-order valence-corrected chi connectivity index (χ1v) is 8.08. The molecule has 2 aromatic rings. The number of anilines is 1. The minimum Gasteiger partial charge on any atom is -0.482 e. The Morgan fingerprint density at radius 2 is 2.04 bits per heavy atom. The minimum absolute atomic E-state index is 0.0442. The Hall–Kier alpha value is -2.41. The number of rotatable bonds is 6. The molecule has 0 bridgehead atoms. The van der Waals surface area contributed by atoms with Gasteiger partial charge >= 0.3 is 5.97 Å². The molecule has 0 unspecified atom stereocenters. The standard InChI is InChI=1S/C16H16N2O4S/c1-9-14(17-16(23-9)18-15(21)11-2-3-11)10-4-6-12(7-5-10)22-8-13(19)20/h4-7,11H,2-3,8H2,1H3,(H,19,20)(H,17,18,21). The van der Waals surface area contributed by atoms with Crippen molar-refractivity contribution in [2.45, 2.75) is 19.8 Å². The first-order valence-electron chi connectivity index (χ1n) is 7.26. The number of carbonyl (C=O) groups is 2. The zero-order valence-electron chi connectivity index (χ0n) is 12.5. The number of aliphatic carboxylic acids is 1. The Bertz CT molecular complexity index is 735. The fourth-order valence-corrected chi connectivity index (χ4v) is 2.96. The van der Waals surface area contributed by atoms with Crippen LogP contribution in [0.15, 0.2) is 24.3 Å². The molecular formula is C16H16N2O4S. The maximum atomic E-state index is 11.8. The normalized spacial score (nSPS) is 13.6. The lowest BCUT2D eigenvalue weighted by atomic mass is 10.1. The van der Waals surface area contributed by atoms with Crippen LogP contribution < -0.4 is 10.1 Å². The third-order valence-corrected chi connectivity index (χ3v) is 4.35. The quantitative estimate of drug-likeness (QED) is 0.849. The Morgan fingerprint density at radius 3 is 2.65 bits per heavy atom. The highest BCUT2D eigenvalue weighted by Gasteiger charge is 2.30. The highest BCUT2D eigenvalue weighted by atomic mass is 32.1. The molecule has 1 heterocycles. The number of carboxylic acids is 1. The van der Waals surface area contributed by atoms with E-state index in [4.69, 9.17) is 9.84 Å². The Balaban J connectivity index is 1.71. The van der Waals surface area contributed by atoms with Crippen LogP contribution in [-0.4, -0.2) is 28.6 Å². The van der Waals surface area contributed by atoms with Crippen molar-refractivity contribution in [1.82, 2.24) is 4.98 Å². The van der Waals surface area contributed by atoms with Crippen molar-refractivity contribution in [3.8, 4) is 17.0 Å². The zero-order valence-corrected chi connectivity index (χ0v) is 13.4. The van der Waals surface area contributed by atoms with E-state index < -0.39 is 5.97 Å². The van der Waals surface area contributed by atoms with Crippen molar-refractivity contribution in [3.63, 3.8) is 0 Å². The lowest BCUT2D eigenvalue weighted by Gasteiger charge is -2.04. The van der Waals surface area contributed by atoms with Crippen LogP contribution in [0.3, 0.4) is 0 Å². The number of carboxylic acid groups (broad SMARTS) is 1. The van der Waals surface area contributed by atoms with Gasteiger partial charge in [-0.15, -0.1) is 11.3 Å². The van der Waals surface area contributed by atoms with Crippen LogP contribution in [0.2, 0.25) is 0 Å². The van der Waals surface area contributed by atoms with Crippen LogP contribution in [0.5, 0.6) is 5.75 Å². The molecule has 2 N–H and O–H groups in total. The molecule has 1 aliphatic rings. The van der Waals surface area contributed by atoms with Crippen molar-refractivity contribution >= 4 is 28.3 Å². The van der Waals surface area contributed by atoms with E-state index in [9.17, 15) is 9.59 Å². The number of carbonyl (C=O) groups excluding carboxylic acids is 1. The van der Waals surface area contributed by atoms with Gasteiger partial charge in [0.25, 0.3) is 0 Å². The second kappa shape index (κ2) is 6.37. The molecule has 0 atom stereocenters. The smallest absolute Gasteiger partial charge is 0.341 e.